The van der Waals surface area contributed by atoms with Gasteiger partial charge in [0, 0.05) is 29.1 Å². The van der Waals surface area contributed by atoms with Crippen molar-refractivity contribution in [1.82, 2.24) is 9.73 Å². The highest BCUT2D eigenvalue weighted by Gasteiger charge is 2.33. The number of aliphatic imine (C=N–C) groups is 1. The molecule has 0 unspecified atom stereocenters. The van der Waals surface area contributed by atoms with E-state index >= 15 is 0 Å². The van der Waals surface area contributed by atoms with E-state index in [1.54, 1.807) is 17.1 Å². The Morgan fingerprint density at radius 3 is 2.17 bits per heavy atom. The Hall–Kier alpha value is -4.43. The van der Waals surface area contributed by atoms with Crippen LogP contribution in [0, 0.1) is 0 Å². The zero-order valence-corrected chi connectivity index (χ0v) is 31.0. The number of nitrogens with zero attached hydrogens (tertiary/aromatic N) is 4. The molecular formula is C38H39Cl2F3N6O3S. The number of rotatable bonds is 15. The zero-order valence-electron chi connectivity index (χ0n) is 28.6. The first-order valence-electron chi connectivity index (χ1n) is 17.0. The molecule has 3 N–H and O–H groups in total. The molecule has 1 aliphatic heterocycles. The molecule has 0 aromatic heterocycles. The molecule has 0 spiro atoms. The highest BCUT2D eigenvalue weighted by atomic mass is 35.5. The summed E-state index contributed by atoms with van der Waals surface area (Å²) in [6, 6.07) is 27.8. The third-order valence-corrected chi connectivity index (χ3v) is 10.2. The predicted octanol–water partition coefficient (Wildman–Crippen LogP) is 8.48. The van der Waals surface area contributed by atoms with Gasteiger partial charge in [-0.1, -0.05) is 95.8 Å². The Labute approximate surface area is 317 Å². The van der Waals surface area contributed by atoms with Crippen LogP contribution < -0.4 is 10.5 Å². The molecule has 0 aliphatic carbocycles. The van der Waals surface area contributed by atoms with Gasteiger partial charge in [0.1, 0.15) is 6.61 Å². The fourth-order valence-electron chi connectivity index (χ4n) is 5.63. The average Bonchev–Trinajstić information content (AvgIpc) is 3.59. The Morgan fingerprint density at radius 2 is 1.53 bits per heavy atom. The third-order valence-electron chi connectivity index (χ3n) is 8.36. The van der Waals surface area contributed by atoms with Gasteiger partial charge in [-0.15, -0.1) is 0 Å². The number of unbranched alkanes of at least 4 members (excludes halogenated alkanes) is 3. The summed E-state index contributed by atoms with van der Waals surface area (Å²) in [6.07, 6.45) is -1.14. The summed E-state index contributed by atoms with van der Waals surface area (Å²) in [5.41, 5.74) is 8.43. The third kappa shape index (κ3) is 11.3. The SMILES string of the molecule is NCCO/N=C(/CCCCCCN=C(NS(=O)(=O)c1ccc(Cl)cc1)N1C[C@H](c2ccccc2)C(c2ccc(Cl)cc2)=N1)c1ccc(C(F)(F)F)cc1. The lowest BCUT2D eigenvalue weighted by atomic mass is 9.91. The van der Waals surface area contributed by atoms with E-state index in [4.69, 9.17) is 43.9 Å². The fourth-order valence-corrected chi connectivity index (χ4v) is 6.91. The first kappa shape index (κ1) is 39.8. The summed E-state index contributed by atoms with van der Waals surface area (Å²) in [5.74, 6) is -0.101. The number of alkyl halides is 3. The molecule has 0 saturated heterocycles. The van der Waals surface area contributed by atoms with E-state index in [0.717, 1.165) is 41.8 Å². The van der Waals surface area contributed by atoms with Gasteiger partial charge in [-0.2, -0.15) is 18.3 Å². The van der Waals surface area contributed by atoms with Crippen LogP contribution in [-0.4, -0.2) is 57.1 Å². The first-order valence-corrected chi connectivity index (χ1v) is 19.2. The molecule has 5 rings (SSSR count). The Balaban J connectivity index is 1.30. The summed E-state index contributed by atoms with van der Waals surface area (Å²) in [7, 11) is -4.05. The second-order valence-electron chi connectivity index (χ2n) is 12.2. The molecule has 0 radical (unpaired) electrons. The van der Waals surface area contributed by atoms with Gasteiger partial charge >= 0.3 is 6.18 Å². The topological polar surface area (TPSA) is 122 Å². The normalized spacial score (nSPS) is 15.4. The summed E-state index contributed by atoms with van der Waals surface area (Å²) < 4.78 is 69.0. The van der Waals surface area contributed by atoms with E-state index in [1.165, 1.54) is 36.4 Å². The van der Waals surface area contributed by atoms with Gasteiger partial charge in [0.2, 0.25) is 5.96 Å². The van der Waals surface area contributed by atoms with Crippen LogP contribution in [-0.2, 0) is 21.0 Å². The Kier molecular flexibility index (Phi) is 13.9. The van der Waals surface area contributed by atoms with Crippen LogP contribution in [0.5, 0.6) is 0 Å². The van der Waals surface area contributed by atoms with Crippen molar-refractivity contribution in [3.8, 4) is 0 Å². The smallest absolute Gasteiger partial charge is 0.394 e. The molecular weight excluding hydrogens is 748 g/mol. The van der Waals surface area contributed by atoms with Crippen molar-refractivity contribution >= 4 is 50.6 Å². The van der Waals surface area contributed by atoms with E-state index in [0.29, 0.717) is 53.7 Å². The van der Waals surface area contributed by atoms with Crippen LogP contribution >= 0.6 is 23.2 Å². The largest absolute Gasteiger partial charge is 0.416 e. The molecule has 280 valence electrons. The maximum absolute atomic E-state index is 13.6. The number of sulfonamides is 1. The van der Waals surface area contributed by atoms with E-state index in [1.807, 2.05) is 42.5 Å². The monoisotopic (exact) mass is 786 g/mol. The molecule has 9 nitrogen and oxygen atoms in total. The minimum atomic E-state index is -4.44. The van der Waals surface area contributed by atoms with Crippen LogP contribution in [0.15, 0.2) is 123 Å². The van der Waals surface area contributed by atoms with Crippen LogP contribution in [0.25, 0.3) is 0 Å². The van der Waals surface area contributed by atoms with Crippen molar-refractivity contribution in [2.45, 2.75) is 49.1 Å². The maximum atomic E-state index is 13.6. The number of hydrogen-bond donors (Lipinski definition) is 2. The summed E-state index contributed by atoms with van der Waals surface area (Å²) in [6.45, 7) is 1.07. The van der Waals surface area contributed by atoms with Crippen molar-refractivity contribution in [2.75, 3.05) is 26.2 Å². The van der Waals surface area contributed by atoms with E-state index in [-0.39, 0.29) is 29.9 Å². The molecule has 4 aromatic rings. The molecule has 1 atom stereocenters. The van der Waals surface area contributed by atoms with Crippen molar-refractivity contribution in [1.29, 1.82) is 0 Å². The van der Waals surface area contributed by atoms with Crippen molar-refractivity contribution in [3.05, 3.63) is 135 Å². The van der Waals surface area contributed by atoms with Gasteiger partial charge < -0.3 is 10.6 Å². The number of hydrogen-bond acceptors (Lipinski definition) is 7. The van der Waals surface area contributed by atoms with Crippen molar-refractivity contribution in [2.24, 2.45) is 21.0 Å². The number of nitrogens with one attached hydrogen (secondary N) is 1. The molecule has 4 aromatic carbocycles. The predicted molar refractivity (Wildman–Crippen MR) is 204 cm³/mol. The van der Waals surface area contributed by atoms with E-state index < -0.39 is 21.8 Å². The molecule has 1 heterocycles. The minimum Gasteiger partial charge on any atom is -0.394 e. The Morgan fingerprint density at radius 1 is 0.887 bits per heavy atom. The number of hydrazone groups is 1. The van der Waals surface area contributed by atoms with Gasteiger partial charge in [0.25, 0.3) is 10.0 Å². The lowest BCUT2D eigenvalue weighted by Gasteiger charge is -2.20. The van der Waals surface area contributed by atoms with Crippen molar-refractivity contribution < 1.29 is 26.4 Å². The van der Waals surface area contributed by atoms with Crippen LogP contribution in [0.1, 0.15) is 60.3 Å². The van der Waals surface area contributed by atoms with Crippen LogP contribution in [0.2, 0.25) is 10.0 Å². The second kappa shape index (κ2) is 18.6. The number of benzene rings is 4. The maximum Gasteiger partial charge on any atom is 0.416 e. The fraction of sp³-hybridized carbons (Fsp3) is 0.289. The summed E-state index contributed by atoms with van der Waals surface area (Å²) in [4.78, 5) is 10.00. The lowest BCUT2D eigenvalue weighted by molar-refractivity contribution is -0.137. The molecule has 0 amide bonds. The summed E-state index contributed by atoms with van der Waals surface area (Å²) in [5, 5.41) is 11.6. The Bertz CT molecular complexity index is 1990. The number of guanidine groups is 1. The van der Waals surface area contributed by atoms with Crippen LogP contribution in [0.3, 0.4) is 0 Å². The van der Waals surface area contributed by atoms with E-state index in [9.17, 15) is 21.6 Å². The summed E-state index contributed by atoms with van der Waals surface area (Å²) >= 11 is 12.2. The first-order chi connectivity index (χ1) is 25.4. The number of nitrogens with two attached hydrogens (primary N) is 1. The van der Waals surface area contributed by atoms with Gasteiger partial charge in [0.05, 0.1) is 28.4 Å². The average molecular weight is 788 g/mol. The molecule has 53 heavy (non-hydrogen) atoms. The molecule has 0 fully saturated rings. The van der Waals surface area contributed by atoms with Gasteiger partial charge in [0.15, 0.2) is 0 Å². The number of halogens is 5. The minimum absolute atomic E-state index is 0.0243. The van der Waals surface area contributed by atoms with Gasteiger partial charge in [-0.3, -0.25) is 4.99 Å². The van der Waals surface area contributed by atoms with E-state index in [2.05, 4.69) is 9.88 Å². The van der Waals surface area contributed by atoms with Gasteiger partial charge in [-0.25, -0.2) is 18.1 Å². The molecule has 0 saturated carbocycles. The molecule has 15 heteroatoms. The number of oxime groups is 1. The van der Waals surface area contributed by atoms with Crippen molar-refractivity contribution in [3.63, 3.8) is 0 Å². The standard InChI is InChI=1S/C38H39Cl2F3N6O3S/c39-31-17-13-29(14-18-31)36-34(27-8-4-3-5-9-27)26-49(46-36)37(48-53(50,51)33-21-19-32(40)20-22-33)45-24-7-2-1-6-10-35(47-52-25-23-44)28-11-15-30(16-12-28)38(41,42)43/h3-5,8-9,11-22,34H,1-2,6-7,10,23-26,44H2,(H,45,48)/b47-35-/t34-/m1/s1. The second-order valence-corrected chi connectivity index (χ2v) is 14.8. The molecule has 1 aliphatic rings. The zero-order chi connectivity index (χ0) is 37.8. The van der Waals surface area contributed by atoms with Gasteiger partial charge in [-0.05, 0) is 84.5 Å². The molecule has 0 bridgehead atoms. The highest BCUT2D eigenvalue weighted by Crippen LogP contribution is 2.31. The quantitative estimate of drug-likeness (QED) is 0.0542. The van der Waals surface area contributed by atoms with Crippen LogP contribution in [0.4, 0.5) is 13.2 Å². The highest BCUT2D eigenvalue weighted by molar-refractivity contribution is 7.90. The lowest BCUT2D eigenvalue weighted by Crippen LogP contribution is -2.41.